The zero-order valence-corrected chi connectivity index (χ0v) is 11.9. The van der Waals surface area contributed by atoms with Crippen molar-refractivity contribution < 1.29 is 0 Å². The highest BCUT2D eigenvalue weighted by Crippen LogP contribution is 2.22. The number of benzene rings is 1. The Balaban J connectivity index is 2.20. The molecular formula is C15H22N4. The highest BCUT2D eigenvalue weighted by molar-refractivity contribution is 5.54. The molecule has 0 aliphatic rings. The Morgan fingerprint density at radius 3 is 2.79 bits per heavy atom. The lowest BCUT2D eigenvalue weighted by molar-refractivity contribution is 0.766. The van der Waals surface area contributed by atoms with Crippen molar-refractivity contribution in [1.29, 1.82) is 0 Å². The number of aromatic nitrogens is 2. The molecule has 2 N–H and O–H groups in total. The molecule has 0 radical (unpaired) electrons. The standard InChI is InChI=1S/C15H22N4/c1-12-4-5-15(14(8-12)6-7-16)18(2)10-13-9-17-19(3)11-13/h4-5,8-9,11H,6-7,10,16H2,1-3H3. The molecule has 0 saturated carbocycles. The summed E-state index contributed by atoms with van der Waals surface area (Å²) in [6.45, 7) is 3.65. The van der Waals surface area contributed by atoms with Crippen molar-refractivity contribution in [3.05, 3.63) is 47.3 Å². The van der Waals surface area contributed by atoms with Crippen molar-refractivity contribution >= 4 is 5.69 Å². The minimum Gasteiger partial charge on any atom is -0.370 e. The van der Waals surface area contributed by atoms with Gasteiger partial charge in [0, 0.05) is 38.1 Å². The smallest absolute Gasteiger partial charge is 0.0539 e. The molecule has 2 aromatic rings. The minimum absolute atomic E-state index is 0.678. The molecule has 4 heteroatoms. The SMILES string of the molecule is Cc1ccc(N(C)Cc2cnn(C)c2)c(CCN)c1. The summed E-state index contributed by atoms with van der Waals surface area (Å²) < 4.78 is 1.83. The molecule has 0 aliphatic carbocycles. The average Bonchev–Trinajstić information content (AvgIpc) is 2.75. The fourth-order valence-electron chi connectivity index (χ4n) is 2.35. The van der Waals surface area contributed by atoms with E-state index in [2.05, 4.69) is 42.2 Å². The van der Waals surface area contributed by atoms with Gasteiger partial charge in [0.05, 0.1) is 6.20 Å². The van der Waals surface area contributed by atoms with E-state index in [4.69, 9.17) is 5.73 Å². The van der Waals surface area contributed by atoms with Crippen LogP contribution in [0.2, 0.25) is 0 Å². The summed E-state index contributed by atoms with van der Waals surface area (Å²) in [7, 11) is 4.05. The lowest BCUT2D eigenvalue weighted by Gasteiger charge is -2.22. The van der Waals surface area contributed by atoms with E-state index in [1.54, 1.807) is 0 Å². The summed E-state index contributed by atoms with van der Waals surface area (Å²) in [5.41, 5.74) is 10.8. The first-order chi connectivity index (χ1) is 9.10. The zero-order chi connectivity index (χ0) is 13.8. The van der Waals surface area contributed by atoms with Crippen molar-refractivity contribution in [1.82, 2.24) is 9.78 Å². The number of rotatable bonds is 5. The maximum absolute atomic E-state index is 5.70. The van der Waals surface area contributed by atoms with Gasteiger partial charge in [-0.3, -0.25) is 4.68 Å². The lowest BCUT2D eigenvalue weighted by atomic mass is 10.1. The van der Waals surface area contributed by atoms with Crippen LogP contribution in [0.3, 0.4) is 0 Å². The molecule has 0 aliphatic heterocycles. The van der Waals surface area contributed by atoms with Crippen LogP contribution in [0.25, 0.3) is 0 Å². The van der Waals surface area contributed by atoms with Crippen molar-refractivity contribution in [3.63, 3.8) is 0 Å². The Morgan fingerprint density at radius 2 is 2.16 bits per heavy atom. The van der Waals surface area contributed by atoms with Gasteiger partial charge in [0.25, 0.3) is 0 Å². The van der Waals surface area contributed by atoms with Crippen LogP contribution < -0.4 is 10.6 Å². The second kappa shape index (κ2) is 5.89. The summed E-state index contributed by atoms with van der Waals surface area (Å²) in [5.74, 6) is 0. The molecule has 0 amide bonds. The molecule has 102 valence electrons. The van der Waals surface area contributed by atoms with Gasteiger partial charge in [0.1, 0.15) is 0 Å². The Labute approximate surface area is 114 Å². The van der Waals surface area contributed by atoms with Gasteiger partial charge in [-0.15, -0.1) is 0 Å². The summed E-state index contributed by atoms with van der Waals surface area (Å²) >= 11 is 0. The molecule has 0 bridgehead atoms. The molecule has 0 spiro atoms. The first-order valence-electron chi connectivity index (χ1n) is 6.58. The summed E-state index contributed by atoms with van der Waals surface area (Å²) in [5, 5.41) is 4.21. The lowest BCUT2D eigenvalue weighted by Crippen LogP contribution is -2.18. The molecule has 1 heterocycles. The first kappa shape index (κ1) is 13.6. The van der Waals surface area contributed by atoms with E-state index >= 15 is 0 Å². The molecule has 2 rings (SSSR count). The normalized spacial score (nSPS) is 10.7. The van der Waals surface area contributed by atoms with Gasteiger partial charge in [-0.25, -0.2) is 0 Å². The van der Waals surface area contributed by atoms with Crippen LogP contribution >= 0.6 is 0 Å². The van der Waals surface area contributed by atoms with E-state index in [0.29, 0.717) is 6.54 Å². The fourth-order valence-corrected chi connectivity index (χ4v) is 2.35. The molecule has 0 unspecified atom stereocenters. The van der Waals surface area contributed by atoms with E-state index in [1.807, 2.05) is 24.1 Å². The third-order valence-corrected chi connectivity index (χ3v) is 3.24. The van der Waals surface area contributed by atoms with Crippen LogP contribution in [0.1, 0.15) is 16.7 Å². The monoisotopic (exact) mass is 258 g/mol. The predicted octanol–water partition coefficient (Wildman–Crippen LogP) is 1.87. The molecule has 19 heavy (non-hydrogen) atoms. The molecule has 1 aromatic carbocycles. The van der Waals surface area contributed by atoms with Crippen molar-refractivity contribution in [2.45, 2.75) is 19.9 Å². The van der Waals surface area contributed by atoms with Crippen molar-refractivity contribution in [2.75, 3.05) is 18.5 Å². The average molecular weight is 258 g/mol. The quantitative estimate of drug-likeness (QED) is 0.890. The van der Waals surface area contributed by atoms with Gasteiger partial charge in [-0.05, 0) is 31.5 Å². The van der Waals surface area contributed by atoms with Gasteiger partial charge < -0.3 is 10.6 Å². The predicted molar refractivity (Wildman–Crippen MR) is 79.3 cm³/mol. The van der Waals surface area contributed by atoms with E-state index < -0.39 is 0 Å². The van der Waals surface area contributed by atoms with Gasteiger partial charge in [0.15, 0.2) is 0 Å². The Morgan fingerprint density at radius 1 is 1.37 bits per heavy atom. The highest BCUT2D eigenvalue weighted by atomic mass is 15.2. The second-order valence-electron chi connectivity index (χ2n) is 5.05. The number of hydrogen-bond acceptors (Lipinski definition) is 3. The third kappa shape index (κ3) is 3.35. The first-order valence-corrected chi connectivity index (χ1v) is 6.58. The summed E-state index contributed by atoms with van der Waals surface area (Å²) in [4.78, 5) is 2.25. The maximum atomic E-state index is 5.70. The van der Waals surface area contributed by atoms with Gasteiger partial charge in [-0.2, -0.15) is 5.10 Å². The van der Waals surface area contributed by atoms with Crippen LogP contribution in [0.15, 0.2) is 30.6 Å². The van der Waals surface area contributed by atoms with E-state index in [-0.39, 0.29) is 0 Å². The number of hydrogen-bond donors (Lipinski definition) is 1. The Kier molecular flexibility index (Phi) is 4.22. The molecule has 1 aromatic heterocycles. The van der Waals surface area contributed by atoms with Crippen LogP contribution in [-0.4, -0.2) is 23.4 Å². The highest BCUT2D eigenvalue weighted by Gasteiger charge is 2.08. The van der Waals surface area contributed by atoms with E-state index in [9.17, 15) is 0 Å². The van der Waals surface area contributed by atoms with Crippen LogP contribution in [0, 0.1) is 6.92 Å². The van der Waals surface area contributed by atoms with E-state index in [1.165, 1.54) is 22.4 Å². The summed E-state index contributed by atoms with van der Waals surface area (Å²) in [6, 6.07) is 6.55. The Hall–Kier alpha value is -1.81. The largest absolute Gasteiger partial charge is 0.370 e. The Bertz CT molecular complexity index is 545. The van der Waals surface area contributed by atoms with Crippen molar-refractivity contribution in [3.8, 4) is 0 Å². The third-order valence-electron chi connectivity index (χ3n) is 3.24. The number of aryl methyl sites for hydroxylation is 2. The molecular weight excluding hydrogens is 236 g/mol. The molecule has 0 fully saturated rings. The molecule has 4 nitrogen and oxygen atoms in total. The summed E-state index contributed by atoms with van der Waals surface area (Å²) in [6.07, 6.45) is 4.87. The van der Waals surface area contributed by atoms with Crippen LogP contribution in [0.4, 0.5) is 5.69 Å². The molecule has 0 atom stereocenters. The second-order valence-corrected chi connectivity index (χ2v) is 5.05. The maximum Gasteiger partial charge on any atom is 0.0539 e. The van der Waals surface area contributed by atoms with E-state index in [0.717, 1.165) is 13.0 Å². The van der Waals surface area contributed by atoms with Crippen molar-refractivity contribution in [2.24, 2.45) is 12.8 Å². The number of nitrogens with two attached hydrogens (primary N) is 1. The van der Waals surface area contributed by atoms with Crippen LogP contribution in [-0.2, 0) is 20.0 Å². The van der Waals surface area contributed by atoms with Gasteiger partial charge >= 0.3 is 0 Å². The minimum atomic E-state index is 0.678. The number of anilines is 1. The molecule has 0 saturated heterocycles. The van der Waals surface area contributed by atoms with Gasteiger partial charge in [0.2, 0.25) is 0 Å². The topological polar surface area (TPSA) is 47.1 Å². The van der Waals surface area contributed by atoms with Gasteiger partial charge in [-0.1, -0.05) is 17.7 Å². The number of nitrogens with zero attached hydrogens (tertiary/aromatic N) is 3. The zero-order valence-electron chi connectivity index (χ0n) is 11.9. The fraction of sp³-hybridized carbons (Fsp3) is 0.400. The van der Waals surface area contributed by atoms with Crippen LogP contribution in [0.5, 0.6) is 0 Å².